The van der Waals surface area contributed by atoms with Crippen LogP contribution in [0, 0.1) is 11.3 Å². The molecule has 1 aliphatic heterocycles. The Kier molecular flexibility index (Phi) is 2.40. The molecule has 3 nitrogen and oxygen atoms in total. The summed E-state index contributed by atoms with van der Waals surface area (Å²) >= 11 is 0. The lowest BCUT2D eigenvalue weighted by atomic mass is 9.83. The van der Waals surface area contributed by atoms with Crippen molar-refractivity contribution in [2.24, 2.45) is 11.3 Å². The lowest BCUT2D eigenvalue weighted by Crippen LogP contribution is -2.33. The van der Waals surface area contributed by atoms with Crippen molar-refractivity contribution in [1.82, 2.24) is 10.4 Å². The third kappa shape index (κ3) is 1.98. The highest BCUT2D eigenvalue weighted by Gasteiger charge is 2.39. The van der Waals surface area contributed by atoms with Gasteiger partial charge in [0, 0.05) is 30.5 Å². The molecule has 2 rings (SSSR count). The van der Waals surface area contributed by atoms with Gasteiger partial charge in [-0.3, -0.25) is 10.2 Å². The molecule has 1 aliphatic carbocycles. The molecule has 2 aliphatic rings. The van der Waals surface area contributed by atoms with Crippen LogP contribution in [-0.2, 0) is 4.79 Å². The predicted octanol–water partition coefficient (Wildman–Crippen LogP) is 1.20. The summed E-state index contributed by atoms with van der Waals surface area (Å²) in [6.07, 6.45) is 2.59. The number of nitrogens with one attached hydrogen (secondary N) is 1. The second-order valence-electron chi connectivity index (χ2n) is 5.56. The molecule has 1 unspecified atom stereocenters. The third-order valence-electron chi connectivity index (χ3n) is 3.06. The van der Waals surface area contributed by atoms with Gasteiger partial charge < -0.3 is 0 Å². The summed E-state index contributed by atoms with van der Waals surface area (Å²) in [7, 11) is 0. The Morgan fingerprint density at radius 3 is 2.50 bits per heavy atom. The lowest BCUT2D eigenvalue weighted by Gasteiger charge is -2.21. The fourth-order valence-electron chi connectivity index (χ4n) is 2.05. The predicted molar refractivity (Wildman–Crippen MR) is 55.7 cm³/mol. The summed E-state index contributed by atoms with van der Waals surface area (Å²) in [6.45, 7) is 7.78. The topological polar surface area (TPSA) is 32.3 Å². The van der Waals surface area contributed by atoms with Gasteiger partial charge in [0.2, 0.25) is 0 Å². The number of nitrogens with zero attached hydrogens (tertiary/aromatic N) is 1. The minimum atomic E-state index is -0.189. The van der Waals surface area contributed by atoms with Crippen LogP contribution in [0.4, 0.5) is 0 Å². The fourth-order valence-corrected chi connectivity index (χ4v) is 2.05. The van der Waals surface area contributed by atoms with E-state index in [0.717, 1.165) is 13.1 Å². The van der Waals surface area contributed by atoms with Crippen LogP contribution in [0.5, 0.6) is 0 Å². The first-order valence-electron chi connectivity index (χ1n) is 5.53. The van der Waals surface area contributed by atoms with Gasteiger partial charge in [-0.1, -0.05) is 20.8 Å². The summed E-state index contributed by atoms with van der Waals surface area (Å²) in [4.78, 5) is 12.0. The van der Waals surface area contributed by atoms with Crippen molar-refractivity contribution in [3.8, 4) is 0 Å². The molecule has 3 heteroatoms. The molecule has 1 saturated heterocycles. The van der Waals surface area contributed by atoms with Gasteiger partial charge in [0.15, 0.2) is 0 Å². The molecule has 2 fully saturated rings. The molecule has 0 aromatic heterocycles. The molecule has 0 spiro atoms. The van der Waals surface area contributed by atoms with E-state index in [4.69, 9.17) is 0 Å². The Bertz CT molecular complexity index is 240. The quantitative estimate of drug-likeness (QED) is 0.720. The monoisotopic (exact) mass is 196 g/mol. The molecule has 1 heterocycles. The lowest BCUT2D eigenvalue weighted by molar-refractivity contribution is -0.129. The second kappa shape index (κ2) is 3.31. The van der Waals surface area contributed by atoms with Crippen molar-refractivity contribution in [2.75, 3.05) is 13.1 Å². The van der Waals surface area contributed by atoms with Gasteiger partial charge in [-0.25, -0.2) is 5.01 Å². The number of Topliss-reactive ketones (excluding diaryl/α,β-unsaturated/α-hetero) is 1. The Hall–Kier alpha value is -0.410. The molecule has 0 aromatic carbocycles. The smallest absolute Gasteiger partial charge is 0.143 e. The first kappa shape index (κ1) is 10.1. The van der Waals surface area contributed by atoms with Gasteiger partial charge in [0.25, 0.3) is 0 Å². The highest BCUT2D eigenvalue weighted by molar-refractivity contribution is 5.86. The number of ketones is 1. The van der Waals surface area contributed by atoms with Gasteiger partial charge in [-0.05, 0) is 12.8 Å². The van der Waals surface area contributed by atoms with Gasteiger partial charge >= 0.3 is 0 Å². The molecule has 0 aromatic rings. The van der Waals surface area contributed by atoms with E-state index in [1.807, 2.05) is 20.8 Å². The first-order valence-corrected chi connectivity index (χ1v) is 5.53. The molecular weight excluding hydrogens is 176 g/mol. The minimum absolute atomic E-state index is 0.189. The molecule has 0 bridgehead atoms. The van der Waals surface area contributed by atoms with Crippen LogP contribution in [0.15, 0.2) is 0 Å². The number of hydrazine groups is 1. The summed E-state index contributed by atoms with van der Waals surface area (Å²) in [5.74, 6) is 0.601. The van der Waals surface area contributed by atoms with Crippen LogP contribution >= 0.6 is 0 Å². The van der Waals surface area contributed by atoms with Crippen LogP contribution in [0.3, 0.4) is 0 Å². The van der Waals surface area contributed by atoms with E-state index in [0.29, 0.717) is 11.8 Å². The number of hydrogen-bond acceptors (Lipinski definition) is 3. The summed E-state index contributed by atoms with van der Waals surface area (Å²) in [5, 5.41) is 2.26. The van der Waals surface area contributed by atoms with E-state index in [2.05, 4.69) is 10.4 Å². The standard InChI is InChI=1S/C11H20N2O/c1-11(2,3)10(14)8-6-12-13(7-8)9-4-5-9/h8-9,12H,4-7H2,1-3H3. The normalized spacial score (nSPS) is 29.5. The van der Waals surface area contributed by atoms with Crippen LogP contribution in [0.25, 0.3) is 0 Å². The highest BCUT2D eigenvalue weighted by atomic mass is 16.1. The summed E-state index contributed by atoms with van der Waals surface area (Å²) in [5.41, 5.74) is 3.15. The average Bonchev–Trinajstić information content (AvgIpc) is 2.82. The second-order valence-corrected chi connectivity index (χ2v) is 5.56. The van der Waals surface area contributed by atoms with E-state index in [-0.39, 0.29) is 11.3 Å². The van der Waals surface area contributed by atoms with Gasteiger partial charge in [-0.15, -0.1) is 0 Å². The summed E-state index contributed by atoms with van der Waals surface area (Å²) in [6, 6.07) is 0.716. The van der Waals surface area contributed by atoms with E-state index in [1.165, 1.54) is 12.8 Å². The Morgan fingerprint density at radius 1 is 1.36 bits per heavy atom. The average molecular weight is 196 g/mol. The Morgan fingerprint density at radius 2 is 2.00 bits per heavy atom. The minimum Gasteiger partial charge on any atom is -0.299 e. The summed E-state index contributed by atoms with van der Waals surface area (Å²) < 4.78 is 0. The molecule has 80 valence electrons. The van der Waals surface area contributed by atoms with E-state index >= 15 is 0 Å². The zero-order valence-electron chi connectivity index (χ0n) is 9.34. The number of carbonyl (C=O) groups is 1. The maximum Gasteiger partial charge on any atom is 0.143 e. The van der Waals surface area contributed by atoms with Crippen LogP contribution in [0.1, 0.15) is 33.6 Å². The molecule has 0 radical (unpaired) electrons. The third-order valence-corrected chi connectivity index (χ3v) is 3.06. The molecular formula is C11H20N2O. The Labute approximate surface area is 85.8 Å². The van der Waals surface area contributed by atoms with Crippen molar-refractivity contribution >= 4 is 5.78 Å². The van der Waals surface area contributed by atoms with Crippen molar-refractivity contribution < 1.29 is 4.79 Å². The number of hydrogen-bond donors (Lipinski definition) is 1. The Balaban J connectivity index is 1.91. The van der Waals surface area contributed by atoms with Crippen molar-refractivity contribution in [1.29, 1.82) is 0 Å². The van der Waals surface area contributed by atoms with E-state index < -0.39 is 0 Å². The zero-order chi connectivity index (χ0) is 10.3. The van der Waals surface area contributed by atoms with Crippen LogP contribution in [-0.4, -0.2) is 29.9 Å². The van der Waals surface area contributed by atoms with Crippen molar-refractivity contribution in [2.45, 2.75) is 39.7 Å². The van der Waals surface area contributed by atoms with E-state index in [1.54, 1.807) is 0 Å². The first-order chi connectivity index (χ1) is 6.48. The largest absolute Gasteiger partial charge is 0.299 e. The van der Waals surface area contributed by atoms with Crippen LogP contribution in [0.2, 0.25) is 0 Å². The van der Waals surface area contributed by atoms with Crippen LogP contribution < -0.4 is 5.43 Å². The number of rotatable bonds is 2. The molecule has 1 N–H and O–H groups in total. The molecule has 0 amide bonds. The maximum atomic E-state index is 12.0. The number of carbonyl (C=O) groups excluding carboxylic acids is 1. The van der Waals surface area contributed by atoms with Gasteiger partial charge in [0.05, 0.1) is 0 Å². The molecule has 14 heavy (non-hydrogen) atoms. The van der Waals surface area contributed by atoms with Gasteiger partial charge in [0.1, 0.15) is 5.78 Å². The maximum absolute atomic E-state index is 12.0. The van der Waals surface area contributed by atoms with Crippen molar-refractivity contribution in [3.05, 3.63) is 0 Å². The van der Waals surface area contributed by atoms with Crippen molar-refractivity contribution in [3.63, 3.8) is 0 Å². The molecule has 1 atom stereocenters. The SMILES string of the molecule is CC(C)(C)C(=O)C1CNN(C2CC2)C1. The highest BCUT2D eigenvalue weighted by Crippen LogP contribution is 2.30. The fraction of sp³-hybridized carbons (Fsp3) is 0.909. The zero-order valence-corrected chi connectivity index (χ0v) is 9.34. The van der Waals surface area contributed by atoms with Gasteiger partial charge in [-0.2, -0.15) is 0 Å². The van der Waals surface area contributed by atoms with E-state index in [9.17, 15) is 4.79 Å². The molecule has 1 saturated carbocycles.